The third-order valence-corrected chi connectivity index (χ3v) is 6.17. The SMILES string of the molecule is O=C(O)CN1C[C@H]2CC[C@@H](C1)C2NC(=O)CN1CCN(c2ncccn2)CC1. The lowest BCUT2D eigenvalue weighted by Crippen LogP contribution is -2.56. The van der Waals surface area contributed by atoms with Crippen molar-refractivity contribution in [2.45, 2.75) is 18.9 Å². The number of carbonyl (C=O) groups excluding carboxylic acids is 1. The van der Waals surface area contributed by atoms with Crippen molar-refractivity contribution in [3.63, 3.8) is 0 Å². The molecule has 3 atom stereocenters. The molecule has 9 heteroatoms. The Bertz CT molecular complexity index is 680. The van der Waals surface area contributed by atoms with E-state index in [2.05, 4.69) is 25.1 Å². The molecule has 0 aromatic carbocycles. The van der Waals surface area contributed by atoms with Crippen LogP contribution in [-0.4, -0.2) is 95.2 Å². The van der Waals surface area contributed by atoms with E-state index in [9.17, 15) is 9.59 Å². The van der Waals surface area contributed by atoms with Crippen molar-refractivity contribution in [1.29, 1.82) is 0 Å². The molecule has 1 aromatic heterocycles. The molecule has 1 aliphatic carbocycles. The maximum atomic E-state index is 12.6. The molecule has 3 aliphatic rings. The number of amides is 1. The van der Waals surface area contributed by atoms with E-state index in [1.807, 2.05) is 11.0 Å². The molecular formula is C19H28N6O3. The van der Waals surface area contributed by atoms with Crippen molar-refractivity contribution >= 4 is 17.8 Å². The Kier molecular flexibility index (Phi) is 5.72. The van der Waals surface area contributed by atoms with Gasteiger partial charge in [0, 0.05) is 57.7 Å². The van der Waals surface area contributed by atoms with E-state index in [-0.39, 0.29) is 18.5 Å². The first-order valence-electron chi connectivity index (χ1n) is 10.1. The quantitative estimate of drug-likeness (QED) is 0.673. The molecule has 1 aromatic rings. The Morgan fingerprint density at radius 2 is 1.64 bits per heavy atom. The molecule has 0 radical (unpaired) electrons. The molecule has 1 amide bonds. The maximum absolute atomic E-state index is 12.6. The van der Waals surface area contributed by atoms with Crippen molar-refractivity contribution in [2.75, 3.05) is 57.3 Å². The number of nitrogens with zero attached hydrogens (tertiary/aromatic N) is 5. The van der Waals surface area contributed by atoms with E-state index in [0.717, 1.165) is 58.1 Å². The van der Waals surface area contributed by atoms with Crippen LogP contribution in [0.3, 0.4) is 0 Å². The molecule has 2 bridgehead atoms. The smallest absolute Gasteiger partial charge is 0.317 e. The molecule has 0 spiro atoms. The number of piperazine rings is 1. The van der Waals surface area contributed by atoms with Crippen LogP contribution in [0.1, 0.15) is 12.8 Å². The number of likely N-dealkylation sites (tertiary alicyclic amines) is 1. The number of carboxylic acids is 1. The topological polar surface area (TPSA) is 102 Å². The molecule has 152 valence electrons. The van der Waals surface area contributed by atoms with Gasteiger partial charge in [0.05, 0.1) is 13.1 Å². The minimum absolute atomic E-state index is 0.0815. The summed E-state index contributed by atoms with van der Waals surface area (Å²) in [5, 5.41) is 12.3. The van der Waals surface area contributed by atoms with Gasteiger partial charge >= 0.3 is 5.97 Å². The molecule has 2 aliphatic heterocycles. The number of piperidine rings is 1. The first kappa shape index (κ1) is 19.1. The van der Waals surface area contributed by atoms with Crippen LogP contribution in [0, 0.1) is 11.8 Å². The fourth-order valence-corrected chi connectivity index (χ4v) is 4.87. The highest BCUT2D eigenvalue weighted by atomic mass is 16.4. The van der Waals surface area contributed by atoms with Crippen LogP contribution in [0.2, 0.25) is 0 Å². The highest BCUT2D eigenvalue weighted by Gasteiger charge is 2.43. The zero-order valence-electron chi connectivity index (χ0n) is 16.0. The highest BCUT2D eigenvalue weighted by Crippen LogP contribution is 2.36. The Morgan fingerprint density at radius 1 is 1.00 bits per heavy atom. The molecular weight excluding hydrogens is 360 g/mol. The van der Waals surface area contributed by atoms with Crippen LogP contribution >= 0.6 is 0 Å². The van der Waals surface area contributed by atoms with Gasteiger partial charge in [0.1, 0.15) is 0 Å². The number of fused-ring (bicyclic) bond motifs is 2. The highest BCUT2D eigenvalue weighted by molar-refractivity contribution is 5.78. The summed E-state index contributed by atoms with van der Waals surface area (Å²) < 4.78 is 0. The molecule has 1 saturated carbocycles. The van der Waals surface area contributed by atoms with Gasteiger partial charge in [-0.3, -0.25) is 19.4 Å². The summed E-state index contributed by atoms with van der Waals surface area (Å²) >= 11 is 0. The maximum Gasteiger partial charge on any atom is 0.317 e. The Hall–Kier alpha value is -2.26. The van der Waals surface area contributed by atoms with Crippen LogP contribution < -0.4 is 10.2 Å². The summed E-state index contributed by atoms with van der Waals surface area (Å²) in [6.07, 6.45) is 5.64. The lowest BCUT2D eigenvalue weighted by molar-refractivity contribution is -0.139. The van der Waals surface area contributed by atoms with Gasteiger partial charge in [-0.1, -0.05) is 0 Å². The van der Waals surface area contributed by atoms with Gasteiger partial charge in [-0.2, -0.15) is 0 Å². The number of aliphatic carboxylic acids is 1. The van der Waals surface area contributed by atoms with Gasteiger partial charge in [-0.15, -0.1) is 0 Å². The predicted octanol–water partition coefficient (Wildman–Crippen LogP) is -0.490. The second-order valence-electron chi connectivity index (χ2n) is 8.09. The lowest BCUT2D eigenvalue weighted by Gasteiger charge is -2.38. The summed E-state index contributed by atoms with van der Waals surface area (Å²) in [5.74, 6) is 0.791. The Balaban J connectivity index is 1.23. The zero-order valence-corrected chi connectivity index (χ0v) is 16.0. The zero-order chi connectivity index (χ0) is 19.5. The molecule has 3 heterocycles. The molecule has 2 saturated heterocycles. The normalized spacial score (nSPS) is 28.3. The number of carbonyl (C=O) groups is 2. The molecule has 4 rings (SSSR count). The largest absolute Gasteiger partial charge is 0.480 e. The third-order valence-electron chi connectivity index (χ3n) is 6.17. The second kappa shape index (κ2) is 8.40. The number of hydrogen-bond donors (Lipinski definition) is 2. The molecule has 28 heavy (non-hydrogen) atoms. The van der Waals surface area contributed by atoms with Gasteiger partial charge in [0.15, 0.2) is 0 Å². The number of rotatable bonds is 6. The number of aromatic nitrogens is 2. The van der Waals surface area contributed by atoms with Crippen molar-refractivity contribution in [2.24, 2.45) is 11.8 Å². The van der Waals surface area contributed by atoms with Crippen molar-refractivity contribution < 1.29 is 14.7 Å². The van der Waals surface area contributed by atoms with Crippen LogP contribution in [0.15, 0.2) is 18.5 Å². The van der Waals surface area contributed by atoms with E-state index in [1.165, 1.54) is 0 Å². The summed E-state index contributed by atoms with van der Waals surface area (Å²) in [6.45, 7) is 5.31. The van der Waals surface area contributed by atoms with Gasteiger partial charge in [0.2, 0.25) is 11.9 Å². The summed E-state index contributed by atoms with van der Waals surface area (Å²) in [6, 6.07) is 2.00. The van der Waals surface area contributed by atoms with Crippen LogP contribution in [0.4, 0.5) is 5.95 Å². The fourth-order valence-electron chi connectivity index (χ4n) is 4.87. The fraction of sp³-hybridized carbons (Fsp3) is 0.684. The second-order valence-corrected chi connectivity index (χ2v) is 8.09. The lowest BCUT2D eigenvalue weighted by atomic mass is 9.92. The van der Waals surface area contributed by atoms with Crippen molar-refractivity contribution in [3.8, 4) is 0 Å². The minimum atomic E-state index is -0.776. The van der Waals surface area contributed by atoms with E-state index < -0.39 is 5.97 Å². The van der Waals surface area contributed by atoms with Crippen molar-refractivity contribution in [1.82, 2.24) is 25.1 Å². The summed E-state index contributed by atoms with van der Waals surface area (Å²) in [5.41, 5.74) is 0. The summed E-state index contributed by atoms with van der Waals surface area (Å²) in [7, 11) is 0. The monoisotopic (exact) mass is 388 g/mol. The molecule has 1 unspecified atom stereocenters. The van der Waals surface area contributed by atoms with E-state index in [0.29, 0.717) is 18.4 Å². The third kappa shape index (κ3) is 4.41. The Morgan fingerprint density at radius 3 is 2.25 bits per heavy atom. The number of nitrogens with one attached hydrogen (secondary N) is 1. The average Bonchev–Trinajstić information content (AvgIpc) is 2.91. The van der Waals surface area contributed by atoms with Crippen LogP contribution in [0.25, 0.3) is 0 Å². The minimum Gasteiger partial charge on any atom is -0.480 e. The van der Waals surface area contributed by atoms with Crippen LogP contribution in [0.5, 0.6) is 0 Å². The number of anilines is 1. The van der Waals surface area contributed by atoms with Gasteiger partial charge in [0.25, 0.3) is 0 Å². The van der Waals surface area contributed by atoms with Crippen LogP contribution in [-0.2, 0) is 9.59 Å². The first-order chi connectivity index (χ1) is 13.6. The molecule has 3 fully saturated rings. The van der Waals surface area contributed by atoms with Gasteiger partial charge < -0.3 is 15.3 Å². The predicted molar refractivity (Wildman–Crippen MR) is 103 cm³/mol. The standard InChI is InChI=1S/C19H28N6O3/c26-16(12-23-6-8-25(9-7-23)19-20-4-1-5-21-19)22-18-14-2-3-15(18)11-24(10-14)13-17(27)28/h1,4-5,14-15,18H,2-3,6-13H2,(H,22,26)(H,27,28)/t14-,15+,18?. The summed E-state index contributed by atoms with van der Waals surface area (Å²) in [4.78, 5) is 38.5. The number of carboxylic acid groups (broad SMARTS) is 1. The Labute approximate surface area is 164 Å². The van der Waals surface area contributed by atoms with E-state index in [4.69, 9.17) is 5.11 Å². The molecule has 9 nitrogen and oxygen atoms in total. The molecule has 2 N–H and O–H groups in total. The van der Waals surface area contributed by atoms with E-state index >= 15 is 0 Å². The van der Waals surface area contributed by atoms with Gasteiger partial charge in [-0.05, 0) is 30.7 Å². The van der Waals surface area contributed by atoms with Crippen molar-refractivity contribution in [3.05, 3.63) is 18.5 Å². The first-order valence-corrected chi connectivity index (χ1v) is 10.1. The van der Waals surface area contributed by atoms with E-state index in [1.54, 1.807) is 12.4 Å². The number of hydrogen-bond acceptors (Lipinski definition) is 7. The van der Waals surface area contributed by atoms with Gasteiger partial charge in [-0.25, -0.2) is 9.97 Å². The average molecular weight is 388 g/mol.